The van der Waals surface area contributed by atoms with E-state index in [1.807, 2.05) is 0 Å². The molecule has 2 saturated carbocycles. The number of hydrogen-bond donors (Lipinski definition) is 2. The second kappa shape index (κ2) is 6.39. The molecule has 0 aromatic carbocycles. The molecule has 0 atom stereocenters. The maximum absolute atomic E-state index is 11.7. The van der Waals surface area contributed by atoms with Gasteiger partial charge in [0.05, 0.1) is 0 Å². The van der Waals surface area contributed by atoms with E-state index in [0.717, 1.165) is 38.1 Å². The van der Waals surface area contributed by atoms with Crippen molar-refractivity contribution in [2.24, 2.45) is 17.6 Å². The maximum atomic E-state index is 11.7. The van der Waals surface area contributed by atoms with E-state index < -0.39 is 0 Å². The first-order valence-corrected chi connectivity index (χ1v) is 7.26. The molecule has 3 nitrogen and oxygen atoms in total. The standard InChI is InChI=1S/C14H26N2O/c15-13-8-12(9-13)10-16-14(17)7-6-11-4-2-1-3-5-11/h11-13H,1-10,15H2,(H,16,17). The Morgan fingerprint density at radius 2 is 1.82 bits per heavy atom. The zero-order chi connectivity index (χ0) is 12.1. The van der Waals surface area contributed by atoms with Crippen LogP contribution in [0.3, 0.4) is 0 Å². The van der Waals surface area contributed by atoms with Gasteiger partial charge in [0.1, 0.15) is 0 Å². The average molecular weight is 238 g/mol. The van der Waals surface area contributed by atoms with Gasteiger partial charge in [-0.05, 0) is 31.1 Å². The van der Waals surface area contributed by atoms with Gasteiger partial charge in [-0.15, -0.1) is 0 Å². The van der Waals surface area contributed by atoms with Crippen molar-refractivity contribution in [2.75, 3.05) is 6.54 Å². The lowest BCUT2D eigenvalue weighted by atomic mass is 9.81. The third-order valence-corrected chi connectivity index (χ3v) is 4.36. The van der Waals surface area contributed by atoms with Gasteiger partial charge in [-0.1, -0.05) is 32.1 Å². The maximum Gasteiger partial charge on any atom is 0.220 e. The van der Waals surface area contributed by atoms with Crippen LogP contribution in [0.15, 0.2) is 0 Å². The molecule has 2 aliphatic rings. The van der Waals surface area contributed by atoms with Crippen LogP contribution < -0.4 is 11.1 Å². The quantitative estimate of drug-likeness (QED) is 0.771. The zero-order valence-electron chi connectivity index (χ0n) is 10.8. The second-order valence-corrected chi connectivity index (χ2v) is 5.94. The van der Waals surface area contributed by atoms with Crippen LogP contribution in [0.25, 0.3) is 0 Å². The van der Waals surface area contributed by atoms with E-state index in [1.165, 1.54) is 32.1 Å². The van der Waals surface area contributed by atoms with Crippen molar-refractivity contribution < 1.29 is 4.79 Å². The van der Waals surface area contributed by atoms with Gasteiger partial charge < -0.3 is 11.1 Å². The van der Waals surface area contributed by atoms with Crippen LogP contribution in [0.5, 0.6) is 0 Å². The molecule has 2 aliphatic carbocycles. The molecule has 2 rings (SSSR count). The van der Waals surface area contributed by atoms with Crippen LogP contribution >= 0.6 is 0 Å². The molecule has 0 aromatic rings. The first-order valence-electron chi connectivity index (χ1n) is 7.26. The normalized spacial score (nSPS) is 29.7. The van der Waals surface area contributed by atoms with Gasteiger partial charge in [-0.3, -0.25) is 4.79 Å². The number of amides is 1. The van der Waals surface area contributed by atoms with Crippen molar-refractivity contribution >= 4 is 5.91 Å². The Hall–Kier alpha value is -0.570. The number of hydrogen-bond acceptors (Lipinski definition) is 2. The van der Waals surface area contributed by atoms with Gasteiger partial charge in [-0.2, -0.15) is 0 Å². The molecule has 0 heterocycles. The summed E-state index contributed by atoms with van der Waals surface area (Å²) in [6, 6.07) is 0.388. The molecule has 0 bridgehead atoms. The third-order valence-electron chi connectivity index (χ3n) is 4.36. The smallest absolute Gasteiger partial charge is 0.220 e. The molecule has 3 heteroatoms. The van der Waals surface area contributed by atoms with Crippen molar-refractivity contribution in [3.63, 3.8) is 0 Å². The van der Waals surface area contributed by atoms with E-state index in [0.29, 0.717) is 12.0 Å². The highest BCUT2D eigenvalue weighted by molar-refractivity contribution is 5.75. The van der Waals surface area contributed by atoms with Crippen molar-refractivity contribution in [3.8, 4) is 0 Å². The van der Waals surface area contributed by atoms with Gasteiger partial charge in [0.15, 0.2) is 0 Å². The minimum absolute atomic E-state index is 0.246. The predicted octanol–water partition coefficient (Wildman–Crippen LogP) is 2.20. The van der Waals surface area contributed by atoms with Crippen LogP contribution in [0.2, 0.25) is 0 Å². The fourth-order valence-electron chi connectivity index (χ4n) is 3.11. The molecular formula is C14H26N2O. The van der Waals surface area contributed by atoms with E-state index in [2.05, 4.69) is 5.32 Å². The topological polar surface area (TPSA) is 55.1 Å². The molecule has 0 spiro atoms. The lowest BCUT2D eigenvalue weighted by Crippen LogP contribution is -2.42. The Bertz CT molecular complexity index is 243. The monoisotopic (exact) mass is 238 g/mol. The van der Waals surface area contributed by atoms with Crippen LogP contribution in [0.4, 0.5) is 0 Å². The molecular weight excluding hydrogens is 212 g/mol. The Labute approximate surface area is 105 Å². The third kappa shape index (κ3) is 4.30. The lowest BCUT2D eigenvalue weighted by molar-refractivity contribution is -0.121. The molecule has 0 radical (unpaired) electrons. The molecule has 0 aliphatic heterocycles. The van der Waals surface area contributed by atoms with E-state index >= 15 is 0 Å². The molecule has 2 fully saturated rings. The van der Waals surface area contributed by atoms with Crippen molar-refractivity contribution in [1.82, 2.24) is 5.32 Å². The molecule has 1 amide bonds. The second-order valence-electron chi connectivity index (χ2n) is 5.94. The predicted molar refractivity (Wildman–Crippen MR) is 69.5 cm³/mol. The summed E-state index contributed by atoms with van der Waals surface area (Å²) < 4.78 is 0. The molecule has 17 heavy (non-hydrogen) atoms. The molecule has 0 unspecified atom stereocenters. The van der Waals surface area contributed by atoms with Crippen LogP contribution in [-0.4, -0.2) is 18.5 Å². The Kier molecular flexibility index (Phi) is 4.84. The molecule has 98 valence electrons. The molecule has 0 saturated heterocycles. The van der Waals surface area contributed by atoms with E-state index in [-0.39, 0.29) is 5.91 Å². The zero-order valence-corrected chi connectivity index (χ0v) is 10.8. The fraction of sp³-hybridized carbons (Fsp3) is 0.929. The summed E-state index contributed by atoms with van der Waals surface area (Å²) in [7, 11) is 0. The van der Waals surface area contributed by atoms with Gasteiger partial charge >= 0.3 is 0 Å². The molecule has 3 N–H and O–H groups in total. The van der Waals surface area contributed by atoms with Crippen molar-refractivity contribution in [3.05, 3.63) is 0 Å². The minimum atomic E-state index is 0.246. The van der Waals surface area contributed by atoms with Crippen molar-refractivity contribution in [1.29, 1.82) is 0 Å². The first kappa shape index (κ1) is 12.9. The minimum Gasteiger partial charge on any atom is -0.356 e. The number of nitrogens with one attached hydrogen (secondary N) is 1. The van der Waals surface area contributed by atoms with Crippen LogP contribution in [0.1, 0.15) is 57.8 Å². The highest BCUT2D eigenvalue weighted by Gasteiger charge is 2.25. The first-order chi connectivity index (χ1) is 8.24. The Balaban J connectivity index is 1.51. The largest absolute Gasteiger partial charge is 0.356 e. The summed E-state index contributed by atoms with van der Waals surface area (Å²) in [5.74, 6) is 1.70. The van der Waals surface area contributed by atoms with Gasteiger partial charge in [0.25, 0.3) is 0 Å². The molecule has 0 aromatic heterocycles. The van der Waals surface area contributed by atoms with Crippen LogP contribution in [-0.2, 0) is 4.79 Å². The van der Waals surface area contributed by atoms with Crippen LogP contribution in [0, 0.1) is 11.8 Å². The number of carbonyl (C=O) groups excluding carboxylic acids is 1. The van der Waals surface area contributed by atoms with E-state index in [4.69, 9.17) is 5.73 Å². The lowest BCUT2D eigenvalue weighted by Gasteiger charge is -2.32. The summed E-state index contributed by atoms with van der Waals surface area (Å²) in [6.07, 6.45) is 10.8. The summed E-state index contributed by atoms with van der Waals surface area (Å²) in [5.41, 5.74) is 5.72. The van der Waals surface area contributed by atoms with E-state index in [9.17, 15) is 4.79 Å². The summed E-state index contributed by atoms with van der Waals surface area (Å²) >= 11 is 0. The van der Waals surface area contributed by atoms with Gasteiger partial charge in [0, 0.05) is 19.0 Å². The fourth-order valence-corrected chi connectivity index (χ4v) is 3.11. The summed E-state index contributed by atoms with van der Waals surface area (Å²) in [5, 5.41) is 3.05. The number of carbonyl (C=O) groups is 1. The number of rotatable bonds is 5. The van der Waals surface area contributed by atoms with Crippen molar-refractivity contribution in [2.45, 2.75) is 63.8 Å². The summed E-state index contributed by atoms with van der Waals surface area (Å²) in [6.45, 7) is 0.844. The SMILES string of the molecule is NC1CC(CNC(=O)CCC2CCCCC2)C1. The van der Waals surface area contributed by atoms with E-state index in [1.54, 1.807) is 0 Å². The number of nitrogens with two attached hydrogens (primary N) is 1. The Morgan fingerprint density at radius 1 is 1.12 bits per heavy atom. The summed E-state index contributed by atoms with van der Waals surface area (Å²) in [4.78, 5) is 11.7. The highest BCUT2D eigenvalue weighted by Crippen LogP contribution is 2.27. The average Bonchev–Trinajstić information content (AvgIpc) is 2.32. The van der Waals surface area contributed by atoms with Gasteiger partial charge in [0.2, 0.25) is 5.91 Å². The Morgan fingerprint density at radius 3 is 2.47 bits per heavy atom. The highest BCUT2D eigenvalue weighted by atomic mass is 16.1. The van der Waals surface area contributed by atoms with Gasteiger partial charge in [-0.25, -0.2) is 0 Å².